The average Bonchev–Trinajstić information content (AvgIpc) is 3.38. The topological polar surface area (TPSA) is 116 Å². The SMILES string of the molecule is COCCNC(=O)[C@@H]1CC[C@@H](Nc2ncc3c(Br)nn(-c4cncc(OC)c4)c3n2)C1. The normalized spacial score (nSPS) is 18.3. The second-order valence-corrected chi connectivity index (χ2v) is 8.10. The lowest BCUT2D eigenvalue weighted by atomic mass is 10.1. The molecule has 2 atom stereocenters. The molecule has 1 fully saturated rings. The van der Waals surface area contributed by atoms with Crippen LogP contribution in [0, 0.1) is 5.92 Å². The van der Waals surface area contributed by atoms with Crippen molar-refractivity contribution in [3.8, 4) is 11.4 Å². The van der Waals surface area contributed by atoms with Crippen molar-refractivity contribution in [2.24, 2.45) is 5.92 Å². The standard InChI is InChI=1S/C20H24BrN7O3/c1-30-6-5-23-19(29)12-3-4-13(7-12)25-20-24-11-16-17(21)27-28(18(16)26-20)14-8-15(31-2)10-22-9-14/h8-13H,3-7H2,1-2H3,(H,23,29)(H,24,25,26)/t12-,13-/m1/s1. The zero-order valence-electron chi connectivity index (χ0n) is 17.3. The molecular weight excluding hydrogens is 466 g/mol. The van der Waals surface area contributed by atoms with Crippen molar-refractivity contribution < 1.29 is 14.3 Å². The number of nitrogens with one attached hydrogen (secondary N) is 2. The molecule has 4 rings (SSSR count). The first-order valence-electron chi connectivity index (χ1n) is 10.0. The van der Waals surface area contributed by atoms with Gasteiger partial charge in [0.15, 0.2) is 5.65 Å². The summed E-state index contributed by atoms with van der Waals surface area (Å²) in [5.41, 5.74) is 1.37. The van der Waals surface area contributed by atoms with Crippen LogP contribution in [0.2, 0.25) is 0 Å². The molecule has 1 saturated carbocycles. The van der Waals surface area contributed by atoms with Crippen LogP contribution in [0.1, 0.15) is 19.3 Å². The third kappa shape index (κ3) is 4.77. The summed E-state index contributed by atoms with van der Waals surface area (Å²) >= 11 is 3.48. The van der Waals surface area contributed by atoms with Gasteiger partial charge in [-0.25, -0.2) is 9.67 Å². The van der Waals surface area contributed by atoms with E-state index in [9.17, 15) is 4.79 Å². The Kier molecular flexibility index (Phi) is 6.62. The molecule has 0 aliphatic heterocycles. The van der Waals surface area contributed by atoms with Crippen LogP contribution in [-0.4, -0.2) is 64.1 Å². The van der Waals surface area contributed by atoms with Gasteiger partial charge < -0.3 is 20.1 Å². The molecular formula is C20H24BrN7O3. The predicted molar refractivity (Wildman–Crippen MR) is 118 cm³/mol. The minimum atomic E-state index is -0.0133. The Bertz CT molecular complexity index is 1070. The Morgan fingerprint density at radius 2 is 2.16 bits per heavy atom. The third-order valence-corrected chi connectivity index (χ3v) is 5.89. The summed E-state index contributed by atoms with van der Waals surface area (Å²) in [5.74, 6) is 1.19. The fraction of sp³-hybridized carbons (Fsp3) is 0.450. The number of hydrogen-bond donors (Lipinski definition) is 2. The number of aromatic nitrogens is 5. The second-order valence-electron chi connectivity index (χ2n) is 7.35. The van der Waals surface area contributed by atoms with Gasteiger partial charge in [-0.1, -0.05) is 0 Å². The van der Waals surface area contributed by atoms with Crippen molar-refractivity contribution in [3.63, 3.8) is 0 Å². The van der Waals surface area contributed by atoms with E-state index in [0.29, 0.717) is 35.1 Å². The molecule has 3 heterocycles. The molecule has 1 aliphatic carbocycles. The fourth-order valence-corrected chi connectivity index (χ4v) is 4.15. The highest BCUT2D eigenvalue weighted by Gasteiger charge is 2.30. The van der Waals surface area contributed by atoms with Gasteiger partial charge in [0.2, 0.25) is 11.9 Å². The molecule has 164 valence electrons. The molecule has 3 aromatic rings. The number of fused-ring (bicyclic) bond motifs is 1. The van der Waals surface area contributed by atoms with Gasteiger partial charge in [0, 0.05) is 37.9 Å². The van der Waals surface area contributed by atoms with Gasteiger partial charge in [-0.05, 0) is 35.2 Å². The Morgan fingerprint density at radius 3 is 2.97 bits per heavy atom. The molecule has 0 unspecified atom stereocenters. The van der Waals surface area contributed by atoms with E-state index in [4.69, 9.17) is 9.47 Å². The molecule has 0 saturated heterocycles. The lowest BCUT2D eigenvalue weighted by Crippen LogP contribution is -2.32. The number of carbonyl (C=O) groups is 1. The second kappa shape index (κ2) is 9.56. The smallest absolute Gasteiger partial charge is 0.224 e. The van der Waals surface area contributed by atoms with Crippen LogP contribution in [0.3, 0.4) is 0 Å². The monoisotopic (exact) mass is 489 g/mol. The maximum Gasteiger partial charge on any atom is 0.224 e. The molecule has 31 heavy (non-hydrogen) atoms. The van der Waals surface area contributed by atoms with E-state index in [2.05, 4.69) is 46.6 Å². The van der Waals surface area contributed by atoms with Crippen molar-refractivity contribution in [1.29, 1.82) is 0 Å². The number of ether oxygens (including phenoxy) is 2. The summed E-state index contributed by atoms with van der Waals surface area (Å²) in [5, 5.41) is 11.6. The number of methoxy groups -OCH3 is 2. The van der Waals surface area contributed by atoms with Gasteiger partial charge >= 0.3 is 0 Å². The number of halogens is 1. The molecule has 0 spiro atoms. The number of carbonyl (C=O) groups excluding carboxylic acids is 1. The summed E-state index contributed by atoms with van der Waals surface area (Å²) in [7, 11) is 3.21. The summed E-state index contributed by atoms with van der Waals surface area (Å²) in [6.07, 6.45) is 7.51. The van der Waals surface area contributed by atoms with Crippen LogP contribution in [0.25, 0.3) is 16.7 Å². The van der Waals surface area contributed by atoms with Crippen molar-refractivity contribution in [1.82, 2.24) is 30.0 Å². The number of hydrogen-bond acceptors (Lipinski definition) is 8. The lowest BCUT2D eigenvalue weighted by molar-refractivity contribution is -0.125. The Balaban J connectivity index is 1.50. The van der Waals surface area contributed by atoms with Crippen LogP contribution >= 0.6 is 15.9 Å². The van der Waals surface area contributed by atoms with Crippen LogP contribution in [0.15, 0.2) is 29.3 Å². The highest BCUT2D eigenvalue weighted by atomic mass is 79.9. The van der Waals surface area contributed by atoms with E-state index in [1.807, 2.05) is 6.07 Å². The zero-order chi connectivity index (χ0) is 21.8. The Hall–Kier alpha value is -2.79. The average molecular weight is 490 g/mol. The Labute approximate surface area is 187 Å². The molecule has 3 aromatic heterocycles. The number of nitrogens with zero attached hydrogens (tertiary/aromatic N) is 5. The minimum absolute atomic E-state index is 0.0133. The highest BCUT2D eigenvalue weighted by Crippen LogP contribution is 2.29. The highest BCUT2D eigenvalue weighted by molar-refractivity contribution is 9.10. The number of anilines is 1. The fourth-order valence-electron chi connectivity index (χ4n) is 3.71. The van der Waals surface area contributed by atoms with Crippen LogP contribution < -0.4 is 15.4 Å². The molecule has 11 heteroatoms. The van der Waals surface area contributed by atoms with Crippen LogP contribution in [0.5, 0.6) is 5.75 Å². The van der Waals surface area contributed by atoms with Gasteiger partial charge in [0.25, 0.3) is 0 Å². The maximum atomic E-state index is 12.3. The predicted octanol–water partition coefficient (Wildman–Crippen LogP) is 2.32. The van der Waals surface area contributed by atoms with Gasteiger partial charge in [-0.15, -0.1) is 0 Å². The third-order valence-electron chi connectivity index (χ3n) is 5.30. The van der Waals surface area contributed by atoms with Gasteiger partial charge in [-0.2, -0.15) is 10.1 Å². The maximum absolute atomic E-state index is 12.3. The van der Waals surface area contributed by atoms with E-state index >= 15 is 0 Å². The van der Waals surface area contributed by atoms with Gasteiger partial charge in [0.05, 0.1) is 37.2 Å². The molecule has 10 nitrogen and oxygen atoms in total. The minimum Gasteiger partial charge on any atom is -0.495 e. The summed E-state index contributed by atoms with van der Waals surface area (Å²) in [6.45, 7) is 1.04. The first kappa shape index (κ1) is 21.4. The quantitative estimate of drug-likeness (QED) is 0.463. The molecule has 1 aliphatic rings. The number of rotatable bonds is 8. The van der Waals surface area contributed by atoms with Crippen LogP contribution in [-0.2, 0) is 9.53 Å². The first-order valence-corrected chi connectivity index (χ1v) is 10.8. The first-order chi connectivity index (χ1) is 15.1. The summed E-state index contributed by atoms with van der Waals surface area (Å²) < 4.78 is 12.6. The molecule has 0 aromatic carbocycles. The van der Waals surface area contributed by atoms with Crippen molar-refractivity contribution >= 4 is 38.8 Å². The van der Waals surface area contributed by atoms with E-state index in [-0.39, 0.29) is 17.9 Å². The van der Waals surface area contributed by atoms with Crippen molar-refractivity contribution in [3.05, 3.63) is 29.3 Å². The van der Waals surface area contributed by atoms with Gasteiger partial charge in [-0.3, -0.25) is 9.78 Å². The Morgan fingerprint density at radius 1 is 1.29 bits per heavy atom. The largest absolute Gasteiger partial charge is 0.495 e. The zero-order valence-corrected chi connectivity index (χ0v) is 18.9. The van der Waals surface area contributed by atoms with E-state index in [1.54, 1.807) is 37.5 Å². The number of amides is 1. The van der Waals surface area contributed by atoms with Crippen molar-refractivity contribution in [2.75, 3.05) is 32.7 Å². The van der Waals surface area contributed by atoms with Crippen molar-refractivity contribution in [2.45, 2.75) is 25.3 Å². The van der Waals surface area contributed by atoms with E-state index in [1.165, 1.54) is 0 Å². The molecule has 1 amide bonds. The summed E-state index contributed by atoms with van der Waals surface area (Å²) in [6, 6.07) is 1.97. The number of pyridine rings is 1. The van der Waals surface area contributed by atoms with E-state index < -0.39 is 0 Å². The van der Waals surface area contributed by atoms with E-state index in [0.717, 1.165) is 30.3 Å². The summed E-state index contributed by atoms with van der Waals surface area (Å²) in [4.78, 5) is 25.6. The molecule has 2 N–H and O–H groups in total. The molecule has 0 bridgehead atoms. The van der Waals surface area contributed by atoms with Crippen LogP contribution in [0.4, 0.5) is 5.95 Å². The van der Waals surface area contributed by atoms with Gasteiger partial charge in [0.1, 0.15) is 10.4 Å². The lowest BCUT2D eigenvalue weighted by Gasteiger charge is -2.14. The molecule has 0 radical (unpaired) electrons.